The molecule has 1 N–H and O–H groups in total. The lowest BCUT2D eigenvalue weighted by Crippen LogP contribution is -2.29. The van der Waals surface area contributed by atoms with Gasteiger partial charge in [-0.1, -0.05) is 12.5 Å². The lowest BCUT2D eigenvalue weighted by atomic mass is 9.85. The van der Waals surface area contributed by atoms with Crippen molar-refractivity contribution in [2.75, 3.05) is 25.5 Å². The number of rotatable bonds is 5. The standard InChI is InChI=1S/C15H23BrN2/c1-11(17-2)13-7-8-15(14(16)9-13)18(3)10-12-5-4-6-12/h7-9,11-12,17H,4-6,10H2,1-3H3. The van der Waals surface area contributed by atoms with Gasteiger partial charge in [-0.25, -0.2) is 0 Å². The van der Waals surface area contributed by atoms with E-state index in [9.17, 15) is 0 Å². The maximum absolute atomic E-state index is 3.71. The van der Waals surface area contributed by atoms with Crippen molar-refractivity contribution in [1.82, 2.24) is 5.32 Å². The minimum Gasteiger partial charge on any atom is -0.373 e. The summed E-state index contributed by atoms with van der Waals surface area (Å²) in [7, 11) is 4.19. The molecule has 1 aliphatic carbocycles. The van der Waals surface area contributed by atoms with E-state index in [1.807, 2.05) is 7.05 Å². The second kappa shape index (κ2) is 6.07. The van der Waals surface area contributed by atoms with Crippen LogP contribution in [0.1, 0.15) is 37.8 Å². The van der Waals surface area contributed by atoms with E-state index in [4.69, 9.17) is 0 Å². The highest BCUT2D eigenvalue weighted by Gasteiger charge is 2.20. The first-order valence-corrected chi connectivity index (χ1v) is 7.59. The summed E-state index contributed by atoms with van der Waals surface area (Å²) in [4.78, 5) is 2.38. The third kappa shape index (κ3) is 3.07. The molecule has 1 aromatic rings. The number of benzene rings is 1. The van der Waals surface area contributed by atoms with E-state index in [-0.39, 0.29) is 0 Å². The molecule has 1 saturated carbocycles. The van der Waals surface area contributed by atoms with Gasteiger partial charge in [0.2, 0.25) is 0 Å². The van der Waals surface area contributed by atoms with Crippen molar-refractivity contribution in [2.45, 2.75) is 32.2 Å². The summed E-state index contributed by atoms with van der Waals surface area (Å²) in [6.07, 6.45) is 4.21. The van der Waals surface area contributed by atoms with Crippen LogP contribution in [0.3, 0.4) is 0 Å². The van der Waals surface area contributed by atoms with Crippen LogP contribution in [0.2, 0.25) is 0 Å². The minimum atomic E-state index is 0.396. The second-order valence-electron chi connectivity index (χ2n) is 5.40. The maximum Gasteiger partial charge on any atom is 0.0508 e. The number of anilines is 1. The van der Waals surface area contributed by atoms with Crippen LogP contribution in [0.5, 0.6) is 0 Å². The predicted octanol–water partition coefficient (Wildman–Crippen LogP) is 3.97. The van der Waals surface area contributed by atoms with Gasteiger partial charge >= 0.3 is 0 Å². The summed E-state index contributed by atoms with van der Waals surface area (Å²) in [6.45, 7) is 3.36. The normalized spacial score (nSPS) is 17.3. The monoisotopic (exact) mass is 310 g/mol. The van der Waals surface area contributed by atoms with Gasteiger partial charge in [0.25, 0.3) is 0 Å². The third-order valence-corrected chi connectivity index (χ3v) is 4.71. The molecule has 100 valence electrons. The second-order valence-corrected chi connectivity index (χ2v) is 6.25. The van der Waals surface area contributed by atoms with Gasteiger partial charge in [-0.2, -0.15) is 0 Å². The Kier molecular flexibility index (Phi) is 4.68. The van der Waals surface area contributed by atoms with Crippen molar-refractivity contribution in [2.24, 2.45) is 5.92 Å². The molecule has 3 heteroatoms. The van der Waals surface area contributed by atoms with Crippen LogP contribution in [0.15, 0.2) is 22.7 Å². The van der Waals surface area contributed by atoms with Crippen molar-refractivity contribution < 1.29 is 0 Å². The van der Waals surface area contributed by atoms with E-state index >= 15 is 0 Å². The Balaban J connectivity index is 2.08. The van der Waals surface area contributed by atoms with Gasteiger partial charge < -0.3 is 10.2 Å². The highest BCUT2D eigenvalue weighted by molar-refractivity contribution is 9.10. The first-order chi connectivity index (χ1) is 8.61. The van der Waals surface area contributed by atoms with Gasteiger partial charge in [0.05, 0.1) is 5.69 Å². The topological polar surface area (TPSA) is 15.3 Å². The summed E-state index contributed by atoms with van der Waals surface area (Å²) < 4.78 is 1.20. The largest absolute Gasteiger partial charge is 0.373 e. The van der Waals surface area contributed by atoms with Crippen molar-refractivity contribution >= 4 is 21.6 Å². The summed E-state index contributed by atoms with van der Waals surface area (Å²) in [6, 6.07) is 7.07. The van der Waals surface area contributed by atoms with E-state index in [0.29, 0.717) is 6.04 Å². The van der Waals surface area contributed by atoms with E-state index in [0.717, 1.165) is 5.92 Å². The van der Waals surface area contributed by atoms with Gasteiger partial charge in [-0.05, 0) is 66.4 Å². The van der Waals surface area contributed by atoms with Gasteiger partial charge in [-0.15, -0.1) is 0 Å². The Morgan fingerprint density at radius 2 is 2.17 bits per heavy atom. The zero-order valence-corrected chi connectivity index (χ0v) is 13.1. The van der Waals surface area contributed by atoms with Gasteiger partial charge in [0, 0.05) is 24.1 Å². The average Bonchev–Trinajstić information content (AvgIpc) is 2.32. The van der Waals surface area contributed by atoms with Crippen LogP contribution in [0.4, 0.5) is 5.69 Å². The zero-order valence-electron chi connectivity index (χ0n) is 11.5. The molecule has 0 aromatic heterocycles. The Morgan fingerprint density at radius 3 is 2.67 bits per heavy atom. The molecule has 0 amide bonds. The molecule has 0 saturated heterocycles. The molecule has 0 bridgehead atoms. The molecule has 1 fully saturated rings. The third-order valence-electron chi connectivity index (χ3n) is 4.07. The van der Waals surface area contributed by atoms with E-state index in [2.05, 4.69) is 58.3 Å². The summed E-state index contributed by atoms with van der Waals surface area (Å²) in [5.74, 6) is 0.901. The van der Waals surface area contributed by atoms with Crippen LogP contribution < -0.4 is 10.2 Å². The molecule has 1 atom stereocenters. The smallest absolute Gasteiger partial charge is 0.0508 e. The Hall–Kier alpha value is -0.540. The summed E-state index contributed by atoms with van der Waals surface area (Å²) >= 11 is 3.71. The van der Waals surface area contributed by atoms with Crippen LogP contribution in [-0.2, 0) is 0 Å². The number of nitrogens with zero attached hydrogens (tertiary/aromatic N) is 1. The molecule has 0 spiro atoms. The summed E-state index contributed by atoms with van der Waals surface area (Å²) in [5, 5.41) is 3.27. The van der Waals surface area contributed by atoms with Crippen molar-refractivity contribution in [3.63, 3.8) is 0 Å². The predicted molar refractivity (Wildman–Crippen MR) is 82.2 cm³/mol. The maximum atomic E-state index is 3.71. The van der Waals surface area contributed by atoms with Crippen LogP contribution in [0.25, 0.3) is 0 Å². The molecule has 0 radical (unpaired) electrons. The number of hydrogen-bond donors (Lipinski definition) is 1. The number of halogens is 1. The van der Waals surface area contributed by atoms with Crippen molar-refractivity contribution in [3.05, 3.63) is 28.2 Å². The van der Waals surface area contributed by atoms with Crippen molar-refractivity contribution in [1.29, 1.82) is 0 Å². The molecule has 0 heterocycles. The van der Waals surface area contributed by atoms with E-state index < -0.39 is 0 Å². The molecular weight excluding hydrogens is 288 g/mol. The fourth-order valence-corrected chi connectivity index (χ4v) is 3.13. The van der Waals surface area contributed by atoms with Gasteiger partial charge in [-0.3, -0.25) is 0 Å². The SMILES string of the molecule is CNC(C)c1ccc(N(C)CC2CCC2)c(Br)c1. The lowest BCUT2D eigenvalue weighted by molar-refractivity contribution is 0.321. The first kappa shape index (κ1) is 13.9. The molecule has 18 heavy (non-hydrogen) atoms. The van der Waals surface area contributed by atoms with E-state index in [1.54, 1.807) is 0 Å². The molecular formula is C15H23BrN2. The molecule has 2 nitrogen and oxygen atoms in total. The quantitative estimate of drug-likeness (QED) is 0.885. The van der Waals surface area contributed by atoms with Crippen LogP contribution in [-0.4, -0.2) is 20.6 Å². The molecule has 1 unspecified atom stereocenters. The Labute approximate surface area is 119 Å². The highest BCUT2D eigenvalue weighted by atomic mass is 79.9. The Bertz CT molecular complexity index is 401. The van der Waals surface area contributed by atoms with Crippen molar-refractivity contribution in [3.8, 4) is 0 Å². The minimum absolute atomic E-state index is 0.396. The fraction of sp³-hybridized carbons (Fsp3) is 0.600. The van der Waals surface area contributed by atoms with Gasteiger partial charge in [0.15, 0.2) is 0 Å². The molecule has 2 rings (SSSR count). The number of hydrogen-bond acceptors (Lipinski definition) is 2. The van der Waals surface area contributed by atoms with E-state index in [1.165, 1.54) is 41.5 Å². The summed E-state index contributed by atoms with van der Waals surface area (Å²) in [5.41, 5.74) is 2.62. The highest BCUT2D eigenvalue weighted by Crippen LogP contribution is 2.32. The lowest BCUT2D eigenvalue weighted by Gasteiger charge is -2.32. The Morgan fingerprint density at radius 1 is 1.44 bits per heavy atom. The first-order valence-electron chi connectivity index (χ1n) is 6.79. The average molecular weight is 311 g/mol. The van der Waals surface area contributed by atoms with Crippen LogP contribution in [0, 0.1) is 5.92 Å². The molecule has 1 aliphatic rings. The molecule has 0 aliphatic heterocycles. The zero-order chi connectivity index (χ0) is 13.1. The fourth-order valence-electron chi connectivity index (χ4n) is 2.43. The number of nitrogens with one attached hydrogen (secondary N) is 1. The van der Waals surface area contributed by atoms with Gasteiger partial charge in [0.1, 0.15) is 0 Å². The van der Waals surface area contributed by atoms with Crippen LogP contribution >= 0.6 is 15.9 Å². The molecule has 1 aromatic carbocycles.